The average Bonchev–Trinajstić information content (AvgIpc) is 3.15. The number of anilines is 2. The summed E-state index contributed by atoms with van der Waals surface area (Å²) in [4.78, 5) is 16.5. The standard InChI is InChI=1S/C18H25N5O/c1-14-17(13-22(3)20-14)19-18(24)21(2)11-15-9-10-23(12-15)16-7-5-4-6-8-16/h4-8,13,15H,9-12H2,1-3H3,(H,19,24)/t15-/m0/s1. The first kappa shape index (κ1) is 16.4. The number of benzene rings is 1. The maximum atomic E-state index is 12.4. The monoisotopic (exact) mass is 327 g/mol. The van der Waals surface area contributed by atoms with Crippen molar-refractivity contribution in [1.82, 2.24) is 14.7 Å². The molecule has 1 atom stereocenters. The van der Waals surface area contributed by atoms with Crippen LogP contribution in [-0.2, 0) is 7.05 Å². The Morgan fingerprint density at radius 2 is 2.12 bits per heavy atom. The number of hydrogen-bond acceptors (Lipinski definition) is 3. The van der Waals surface area contributed by atoms with E-state index in [9.17, 15) is 4.79 Å². The molecule has 2 aromatic rings. The third kappa shape index (κ3) is 3.69. The van der Waals surface area contributed by atoms with Gasteiger partial charge in [0.15, 0.2) is 0 Å². The predicted octanol–water partition coefficient (Wildman–Crippen LogP) is 2.72. The van der Waals surface area contributed by atoms with Gasteiger partial charge in [0.05, 0.1) is 11.4 Å². The van der Waals surface area contributed by atoms with E-state index < -0.39 is 0 Å². The molecule has 0 unspecified atom stereocenters. The molecule has 6 heteroatoms. The Hall–Kier alpha value is -2.50. The number of urea groups is 1. The summed E-state index contributed by atoms with van der Waals surface area (Å²) in [5, 5.41) is 7.18. The van der Waals surface area contributed by atoms with E-state index in [1.54, 1.807) is 9.58 Å². The molecule has 0 saturated carbocycles. The normalized spacial score (nSPS) is 17.1. The average molecular weight is 327 g/mol. The second kappa shape index (κ2) is 6.95. The largest absolute Gasteiger partial charge is 0.371 e. The highest BCUT2D eigenvalue weighted by Crippen LogP contribution is 2.24. The molecule has 1 aromatic heterocycles. The van der Waals surface area contributed by atoms with Gasteiger partial charge < -0.3 is 15.1 Å². The number of nitrogens with zero attached hydrogens (tertiary/aromatic N) is 4. The SMILES string of the molecule is Cc1nn(C)cc1NC(=O)N(C)C[C@@H]1CCN(c2ccccc2)C1. The van der Waals surface area contributed by atoms with Crippen LogP contribution in [0.25, 0.3) is 0 Å². The highest BCUT2D eigenvalue weighted by molar-refractivity contribution is 5.89. The number of aryl methyl sites for hydroxylation is 2. The first-order valence-electron chi connectivity index (χ1n) is 8.35. The minimum Gasteiger partial charge on any atom is -0.371 e. The molecular formula is C18H25N5O. The third-order valence-corrected chi connectivity index (χ3v) is 4.54. The molecule has 0 radical (unpaired) electrons. The molecule has 1 aromatic carbocycles. The number of amides is 2. The fourth-order valence-corrected chi connectivity index (χ4v) is 3.26. The van der Waals surface area contributed by atoms with Crippen molar-refractivity contribution < 1.29 is 4.79 Å². The highest BCUT2D eigenvalue weighted by atomic mass is 16.2. The Morgan fingerprint density at radius 3 is 2.79 bits per heavy atom. The highest BCUT2D eigenvalue weighted by Gasteiger charge is 2.25. The number of nitrogens with one attached hydrogen (secondary N) is 1. The van der Waals surface area contributed by atoms with Gasteiger partial charge in [-0.15, -0.1) is 0 Å². The number of para-hydroxylation sites is 1. The molecule has 24 heavy (non-hydrogen) atoms. The van der Waals surface area contributed by atoms with Gasteiger partial charge in [-0.05, 0) is 31.4 Å². The fraction of sp³-hybridized carbons (Fsp3) is 0.444. The van der Waals surface area contributed by atoms with E-state index in [-0.39, 0.29) is 6.03 Å². The van der Waals surface area contributed by atoms with E-state index in [4.69, 9.17) is 0 Å². The molecule has 1 saturated heterocycles. The Bertz CT molecular complexity index is 697. The van der Waals surface area contributed by atoms with Crippen molar-refractivity contribution in [3.63, 3.8) is 0 Å². The first-order chi connectivity index (χ1) is 11.5. The van der Waals surface area contributed by atoms with Gasteiger partial charge >= 0.3 is 6.03 Å². The summed E-state index contributed by atoms with van der Waals surface area (Å²) in [5.74, 6) is 0.496. The van der Waals surface area contributed by atoms with Crippen molar-refractivity contribution in [2.24, 2.45) is 13.0 Å². The van der Waals surface area contributed by atoms with Gasteiger partial charge in [0.2, 0.25) is 0 Å². The van der Waals surface area contributed by atoms with Crippen LogP contribution < -0.4 is 10.2 Å². The van der Waals surface area contributed by atoms with Crippen LogP contribution in [0, 0.1) is 12.8 Å². The summed E-state index contributed by atoms with van der Waals surface area (Å²) in [7, 11) is 3.70. The summed E-state index contributed by atoms with van der Waals surface area (Å²) in [6, 6.07) is 10.4. The summed E-state index contributed by atoms with van der Waals surface area (Å²) >= 11 is 0. The van der Waals surface area contributed by atoms with Crippen molar-refractivity contribution in [1.29, 1.82) is 0 Å². The van der Waals surface area contributed by atoms with Crippen LogP contribution in [0.5, 0.6) is 0 Å². The molecule has 3 rings (SSSR count). The first-order valence-corrected chi connectivity index (χ1v) is 8.35. The van der Waals surface area contributed by atoms with E-state index in [1.807, 2.05) is 33.3 Å². The van der Waals surface area contributed by atoms with E-state index >= 15 is 0 Å². The number of hydrogen-bond donors (Lipinski definition) is 1. The van der Waals surface area contributed by atoms with Crippen molar-refractivity contribution in [3.8, 4) is 0 Å². The molecule has 1 N–H and O–H groups in total. The predicted molar refractivity (Wildman–Crippen MR) is 96.4 cm³/mol. The quantitative estimate of drug-likeness (QED) is 0.939. The van der Waals surface area contributed by atoms with Crippen molar-refractivity contribution in [3.05, 3.63) is 42.2 Å². The Kier molecular flexibility index (Phi) is 4.74. The Labute approximate surface area is 143 Å². The second-order valence-corrected chi connectivity index (χ2v) is 6.55. The van der Waals surface area contributed by atoms with Gasteiger partial charge in [0, 0.05) is 45.6 Å². The Morgan fingerprint density at radius 1 is 1.38 bits per heavy atom. The van der Waals surface area contributed by atoms with Gasteiger partial charge in [-0.2, -0.15) is 5.10 Å². The van der Waals surface area contributed by atoms with E-state index in [1.165, 1.54) is 5.69 Å². The zero-order valence-corrected chi connectivity index (χ0v) is 14.6. The van der Waals surface area contributed by atoms with Crippen molar-refractivity contribution in [2.45, 2.75) is 13.3 Å². The van der Waals surface area contributed by atoms with Crippen LogP contribution in [0.15, 0.2) is 36.5 Å². The van der Waals surface area contributed by atoms with Gasteiger partial charge in [-0.3, -0.25) is 4.68 Å². The van der Waals surface area contributed by atoms with Crippen molar-refractivity contribution >= 4 is 17.4 Å². The molecule has 1 aliphatic heterocycles. The van der Waals surface area contributed by atoms with Crippen LogP contribution >= 0.6 is 0 Å². The lowest BCUT2D eigenvalue weighted by atomic mass is 10.1. The molecule has 0 spiro atoms. The second-order valence-electron chi connectivity index (χ2n) is 6.55. The molecule has 2 heterocycles. The van der Waals surface area contributed by atoms with E-state index in [2.05, 4.69) is 39.6 Å². The molecule has 128 valence electrons. The molecule has 1 aliphatic rings. The molecule has 0 bridgehead atoms. The van der Waals surface area contributed by atoms with E-state index in [0.29, 0.717) is 5.92 Å². The lowest BCUT2D eigenvalue weighted by Gasteiger charge is -2.22. The van der Waals surface area contributed by atoms with Crippen LogP contribution in [0.4, 0.5) is 16.2 Å². The molecule has 1 fully saturated rings. The lowest BCUT2D eigenvalue weighted by molar-refractivity contribution is 0.215. The third-order valence-electron chi connectivity index (χ3n) is 4.54. The number of aromatic nitrogens is 2. The van der Waals surface area contributed by atoms with Crippen LogP contribution in [0.3, 0.4) is 0 Å². The van der Waals surface area contributed by atoms with Crippen LogP contribution in [0.1, 0.15) is 12.1 Å². The summed E-state index contributed by atoms with van der Waals surface area (Å²) in [6.45, 7) is 4.69. The summed E-state index contributed by atoms with van der Waals surface area (Å²) < 4.78 is 1.71. The number of rotatable bonds is 4. The van der Waals surface area contributed by atoms with Crippen LogP contribution in [-0.4, -0.2) is 47.4 Å². The summed E-state index contributed by atoms with van der Waals surface area (Å²) in [6.07, 6.45) is 2.94. The van der Waals surface area contributed by atoms with Crippen molar-refractivity contribution in [2.75, 3.05) is 36.9 Å². The van der Waals surface area contributed by atoms with Crippen LogP contribution in [0.2, 0.25) is 0 Å². The zero-order chi connectivity index (χ0) is 17.1. The molecule has 6 nitrogen and oxygen atoms in total. The zero-order valence-electron chi connectivity index (χ0n) is 14.6. The Balaban J connectivity index is 1.52. The minimum absolute atomic E-state index is 0.0794. The molecular weight excluding hydrogens is 302 g/mol. The molecule has 2 amide bonds. The maximum Gasteiger partial charge on any atom is 0.321 e. The van der Waals surface area contributed by atoms with Gasteiger partial charge in [-0.1, -0.05) is 18.2 Å². The maximum absolute atomic E-state index is 12.4. The minimum atomic E-state index is -0.0794. The van der Waals surface area contributed by atoms with E-state index in [0.717, 1.165) is 37.4 Å². The smallest absolute Gasteiger partial charge is 0.321 e. The summed E-state index contributed by atoms with van der Waals surface area (Å²) in [5.41, 5.74) is 2.86. The fourth-order valence-electron chi connectivity index (χ4n) is 3.26. The lowest BCUT2D eigenvalue weighted by Crippen LogP contribution is -2.36. The van der Waals surface area contributed by atoms with Gasteiger partial charge in [-0.25, -0.2) is 4.79 Å². The topological polar surface area (TPSA) is 53.4 Å². The molecule has 0 aliphatic carbocycles. The van der Waals surface area contributed by atoms with Gasteiger partial charge in [0.25, 0.3) is 0 Å². The number of carbonyl (C=O) groups is 1. The number of carbonyl (C=O) groups excluding carboxylic acids is 1. The van der Waals surface area contributed by atoms with Gasteiger partial charge in [0.1, 0.15) is 0 Å².